The molecule has 0 radical (unpaired) electrons. The predicted octanol–water partition coefficient (Wildman–Crippen LogP) is 1.53. The van der Waals surface area contributed by atoms with Crippen LogP contribution in [0.25, 0.3) is 0 Å². The third-order valence-corrected chi connectivity index (χ3v) is 5.93. The van der Waals surface area contributed by atoms with Crippen molar-refractivity contribution in [2.45, 2.75) is 0 Å². The maximum atomic E-state index is 12.5. The van der Waals surface area contributed by atoms with E-state index in [1.807, 2.05) is 30.3 Å². The second kappa shape index (κ2) is 4.78. The van der Waals surface area contributed by atoms with E-state index in [1.54, 1.807) is 0 Å². The minimum atomic E-state index is -7.60. The zero-order chi connectivity index (χ0) is 13.3. The molecule has 0 aliphatic heterocycles. The average Bonchev–Trinajstić information content (AvgIpc) is 2.29. The van der Waals surface area contributed by atoms with Crippen LogP contribution in [0, 0.1) is 7.14 Å². The molecule has 0 aliphatic rings. The summed E-state index contributed by atoms with van der Waals surface area (Å²) in [6.45, 7) is 0. The van der Waals surface area contributed by atoms with Gasteiger partial charge in [-0.1, -0.05) is 0 Å². The molecule has 0 heterocycles. The van der Waals surface area contributed by atoms with Crippen LogP contribution in [-0.2, 0) is 0 Å². The third kappa shape index (κ3) is 3.65. The van der Waals surface area contributed by atoms with E-state index in [1.165, 1.54) is 12.1 Å². The Morgan fingerprint density at radius 3 is 1.67 bits per heavy atom. The van der Waals surface area contributed by atoms with Gasteiger partial charge in [-0.15, -0.1) is 0 Å². The molecule has 0 atom stereocenters. The molecular weight excluding hydrogens is 378 g/mol. The van der Waals surface area contributed by atoms with Gasteiger partial charge in [0.1, 0.15) is 0 Å². The fraction of sp³-hybridized carbons (Fsp3) is 0. The van der Waals surface area contributed by atoms with E-state index in [9.17, 15) is 16.8 Å². The summed E-state index contributed by atoms with van der Waals surface area (Å²) in [6, 6.07) is 14.0. The van der Waals surface area contributed by atoms with Gasteiger partial charge in [-0.3, -0.25) is 0 Å². The SMILES string of the molecule is FP(F)(F)(F)c1ccc([I-]c2ccccc2)cc1. The van der Waals surface area contributed by atoms with Gasteiger partial charge in [-0.2, -0.15) is 0 Å². The van der Waals surface area contributed by atoms with Crippen molar-refractivity contribution in [2.75, 3.05) is 0 Å². The molecular formula is C12H9F4IP-. The standard InChI is InChI=1S/C12H9F4IP/c13-18(14,15,16)12-8-6-11(7-9-12)17-10-4-2-1-3-5-10/h1-9H/q-1. The molecule has 0 N–H and O–H groups in total. The van der Waals surface area contributed by atoms with Crippen LogP contribution in [0.5, 0.6) is 0 Å². The van der Waals surface area contributed by atoms with Crippen LogP contribution in [0.2, 0.25) is 0 Å². The van der Waals surface area contributed by atoms with E-state index >= 15 is 0 Å². The molecule has 0 saturated carbocycles. The number of rotatable bonds is 3. The van der Waals surface area contributed by atoms with Gasteiger partial charge in [0.25, 0.3) is 0 Å². The Kier molecular flexibility index (Phi) is 3.65. The average molecular weight is 387 g/mol. The van der Waals surface area contributed by atoms with E-state index in [4.69, 9.17) is 0 Å². The van der Waals surface area contributed by atoms with Crippen molar-refractivity contribution in [1.82, 2.24) is 0 Å². The van der Waals surface area contributed by atoms with Gasteiger partial charge in [0.15, 0.2) is 0 Å². The van der Waals surface area contributed by atoms with Crippen molar-refractivity contribution in [3.8, 4) is 0 Å². The first-order valence-electron chi connectivity index (χ1n) is 5.01. The van der Waals surface area contributed by atoms with Gasteiger partial charge in [-0.05, 0) is 0 Å². The number of halogens is 5. The van der Waals surface area contributed by atoms with Crippen molar-refractivity contribution in [3.63, 3.8) is 0 Å². The van der Waals surface area contributed by atoms with Crippen LogP contribution < -0.4 is 26.5 Å². The zero-order valence-electron chi connectivity index (χ0n) is 9.03. The molecule has 98 valence electrons. The Hall–Kier alpha value is -0.680. The summed E-state index contributed by atoms with van der Waals surface area (Å²) in [5, 5.41) is -1.14. The molecule has 2 rings (SSSR count). The summed E-state index contributed by atoms with van der Waals surface area (Å²) in [6.07, 6.45) is 0. The van der Waals surface area contributed by atoms with E-state index in [-0.39, 0.29) is 0 Å². The first-order valence-corrected chi connectivity index (χ1v) is 8.97. The molecule has 0 unspecified atom stereocenters. The first-order chi connectivity index (χ1) is 8.31. The van der Waals surface area contributed by atoms with E-state index in [0.717, 1.165) is 19.3 Å². The molecule has 0 nitrogen and oxygen atoms in total. The first kappa shape index (κ1) is 13.7. The summed E-state index contributed by atoms with van der Waals surface area (Å²) >= 11 is -0.513. The van der Waals surface area contributed by atoms with Crippen LogP contribution in [0.3, 0.4) is 0 Å². The summed E-state index contributed by atoms with van der Waals surface area (Å²) < 4.78 is 52.0. The third-order valence-electron chi connectivity index (χ3n) is 2.17. The summed E-state index contributed by atoms with van der Waals surface area (Å²) in [7, 11) is -7.60. The van der Waals surface area contributed by atoms with E-state index in [0.29, 0.717) is 0 Å². The molecule has 2 aromatic carbocycles. The second-order valence-corrected chi connectivity index (χ2v) is 8.58. The van der Waals surface area contributed by atoms with Crippen LogP contribution in [0.4, 0.5) is 16.8 Å². The predicted molar refractivity (Wildman–Crippen MR) is 61.3 cm³/mol. The Morgan fingerprint density at radius 1 is 0.667 bits per heavy atom. The second-order valence-electron chi connectivity index (χ2n) is 3.59. The van der Waals surface area contributed by atoms with Gasteiger partial charge in [0.2, 0.25) is 0 Å². The van der Waals surface area contributed by atoms with Crippen LogP contribution in [-0.4, -0.2) is 0 Å². The van der Waals surface area contributed by atoms with Crippen molar-refractivity contribution >= 4 is 13.2 Å². The Labute approximate surface area is 113 Å². The molecule has 0 aliphatic carbocycles. The van der Waals surface area contributed by atoms with Gasteiger partial charge in [-0.25, -0.2) is 0 Å². The molecule has 0 spiro atoms. The van der Waals surface area contributed by atoms with Crippen molar-refractivity contribution < 1.29 is 38.0 Å². The monoisotopic (exact) mass is 387 g/mol. The Balaban J connectivity index is 2.19. The van der Waals surface area contributed by atoms with E-state index in [2.05, 4.69) is 0 Å². The van der Waals surface area contributed by atoms with Crippen molar-refractivity contribution in [1.29, 1.82) is 0 Å². The Morgan fingerprint density at radius 2 is 1.17 bits per heavy atom. The van der Waals surface area contributed by atoms with Crippen LogP contribution in [0.1, 0.15) is 0 Å². The van der Waals surface area contributed by atoms with E-state index < -0.39 is 34.4 Å². The molecule has 2 aromatic rings. The van der Waals surface area contributed by atoms with Crippen LogP contribution >= 0.6 is 7.85 Å². The maximum absolute atomic E-state index is 12.5. The fourth-order valence-electron chi connectivity index (χ4n) is 1.33. The molecule has 6 heteroatoms. The van der Waals surface area contributed by atoms with Gasteiger partial charge < -0.3 is 0 Å². The topological polar surface area (TPSA) is 0 Å². The van der Waals surface area contributed by atoms with Gasteiger partial charge in [0.05, 0.1) is 0 Å². The van der Waals surface area contributed by atoms with Crippen molar-refractivity contribution in [3.05, 3.63) is 61.7 Å². The Bertz CT molecular complexity index is 524. The minimum absolute atomic E-state index is 0.513. The molecule has 0 bridgehead atoms. The molecule has 0 fully saturated rings. The quantitative estimate of drug-likeness (QED) is 0.426. The number of benzene rings is 2. The normalized spacial score (nSPS) is 14.1. The van der Waals surface area contributed by atoms with Gasteiger partial charge >= 0.3 is 113 Å². The van der Waals surface area contributed by atoms with Gasteiger partial charge in [0, 0.05) is 0 Å². The molecule has 0 aromatic heterocycles. The van der Waals surface area contributed by atoms with Crippen molar-refractivity contribution in [2.24, 2.45) is 0 Å². The fourth-order valence-corrected chi connectivity index (χ4v) is 4.15. The molecule has 0 saturated heterocycles. The number of hydrogen-bond acceptors (Lipinski definition) is 0. The van der Waals surface area contributed by atoms with Crippen LogP contribution in [0.15, 0.2) is 54.6 Å². The summed E-state index contributed by atoms with van der Waals surface area (Å²) in [5.74, 6) is 0. The molecule has 0 amide bonds. The summed E-state index contributed by atoms with van der Waals surface area (Å²) in [5.41, 5.74) is 0. The number of hydrogen-bond donors (Lipinski definition) is 0. The zero-order valence-corrected chi connectivity index (χ0v) is 12.1. The summed E-state index contributed by atoms with van der Waals surface area (Å²) in [4.78, 5) is 0. The molecule has 18 heavy (non-hydrogen) atoms.